The molecule has 29 heavy (non-hydrogen) atoms. The molecule has 2 N–H and O–H groups in total. The molecule has 0 bridgehead atoms. The highest BCUT2D eigenvalue weighted by molar-refractivity contribution is 7.92. The molecule has 1 amide bonds. The van der Waals surface area contributed by atoms with Gasteiger partial charge in [0.25, 0.3) is 15.9 Å². The Morgan fingerprint density at radius 1 is 1.00 bits per heavy atom. The molecule has 1 heterocycles. The molecule has 2 aromatic carbocycles. The summed E-state index contributed by atoms with van der Waals surface area (Å²) in [6.07, 6.45) is 3.80. The Morgan fingerprint density at radius 3 is 2.28 bits per heavy atom. The molecule has 0 saturated heterocycles. The third kappa shape index (κ3) is 5.76. The van der Waals surface area contributed by atoms with Crippen LogP contribution >= 0.6 is 0 Å². The highest BCUT2D eigenvalue weighted by atomic mass is 32.2. The summed E-state index contributed by atoms with van der Waals surface area (Å²) in [5.74, 6) is 0.234. The monoisotopic (exact) mass is 412 g/mol. The quantitative estimate of drug-likeness (QED) is 0.589. The zero-order chi connectivity index (χ0) is 20.7. The minimum absolute atomic E-state index is 0.0194. The van der Waals surface area contributed by atoms with Crippen molar-refractivity contribution in [3.05, 3.63) is 72.6 Å². The number of hydrogen-bond acceptors (Lipinski definition) is 6. The van der Waals surface area contributed by atoms with Gasteiger partial charge in [-0.25, -0.2) is 23.1 Å². The van der Waals surface area contributed by atoms with Crippen molar-refractivity contribution in [3.8, 4) is 5.75 Å². The fourth-order valence-corrected chi connectivity index (χ4v) is 3.37. The third-order valence-corrected chi connectivity index (χ3v) is 5.29. The van der Waals surface area contributed by atoms with E-state index in [1.165, 1.54) is 42.2 Å². The molecule has 0 spiro atoms. The third-order valence-electron chi connectivity index (χ3n) is 3.94. The Hall–Kier alpha value is -3.46. The zero-order valence-electron chi connectivity index (χ0n) is 15.7. The van der Waals surface area contributed by atoms with E-state index >= 15 is 0 Å². The lowest BCUT2D eigenvalue weighted by Crippen LogP contribution is -2.20. The van der Waals surface area contributed by atoms with Gasteiger partial charge in [-0.15, -0.1) is 0 Å². The number of carbonyl (C=O) groups is 1. The molecule has 3 aromatic rings. The largest absolute Gasteiger partial charge is 0.484 e. The Kier molecular flexibility index (Phi) is 6.40. The van der Waals surface area contributed by atoms with Crippen molar-refractivity contribution >= 4 is 27.6 Å². The number of benzene rings is 2. The van der Waals surface area contributed by atoms with Gasteiger partial charge < -0.3 is 10.1 Å². The van der Waals surface area contributed by atoms with E-state index in [1.54, 1.807) is 6.07 Å². The van der Waals surface area contributed by atoms with Crippen LogP contribution in [0.25, 0.3) is 0 Å². The summed E-state index contributed by atoms with van der Waals surface area (Å²) < 4.78 is 32.4. The van der Waals surface area contributed by atoms with Crippen molar-refractivity contribution in [2.45, 2.75) is 18.2 Å². The number of rotatable bonds is 8. The number of nitrogens with zero attached hydrogens (tertiary/aromatic N) is 2. The van der Waals surface area contributed by atoms with Crippen LogP contribution in [0.4, 0.5) is 11.6 Å². The maximum atomic E-state index is 12.3. The fourth-order valence-electron chi connectivity index (χ4n) is 2.42. The van der Waals surface area contributed by atoms with Gasteiger partial charge in [-0.3, -0.25) is 4.79 Å². The van der Waals surface area contributed by atoms with Crippen LogP contribution in [0, 0.1) is 0 Å². The van der Waals surface area contributed by atoms with Gasteiger partial charge in [-0.2, -0.15) is 0 Å². The molecule has 0 aliphatic carbocycles. The van der Waals surface area contributed by atoms with Gasteiger partial charge in [0.1, 0.15) is 5.75 Å². The predicted octanol–water partition coefficient (Wildman–Crippen LogP) is 2.86. The Bertz CT molecular complexity index is 1050. The number of hydrogen-bond donors (Lipinski definition) is 2. The lowest BCUT2D eigenvalue weighted by atomic mass is 10.2. The number of carbonyl (C=O) groups excluding carboxylic acids is 1. The molecule has 0 radical (unpaired) electrons. The normalized spacial score (nSPS) is 10.9. The summed E-state index contributed by atoms with van der Waals surface area (Å²) >= 11 is 0. The van der Waals surface area contributed by atoms with E-state index in [2.05, 4.69) is 26.9 Å². The smallest absolute Gasteiger partial charge is 0.264 e. The summed E-state index contributed by atoms with van der Waals surface area (Å²) in [4.78, 5) is 19.7. The van der Waals surface area contributed by atoms with Crippen LogP contribution in [0.15, 0.2) is 71.9 Å². The van der Waals surface area contributed by atoms with Crippen LogP contribution in [0.1, 0.15) is 12.5 Å². The van der Waals surface area contributed by atoms with Crippen LogP contribution in [0.3, 0.4) is 0 Å². The topological polar surface area (TPSA) is 110 Å². The van der Waals surface area contributed by atoms with Gasteiger partial charge in [0.05, 0.1) is 4.90 Å². The van der Waals surface area contributed by atoms with E-state index < -0.39 is 10.0 Å². The number of anilines is 2. The van der Waals surface area contributed by atoms with E-state index in [1.807, 2.05) is 24.3 Å². The van der Waals surface area contributed by atoms with Crippen LogP contribution in [-0.4, -0.2) is 30.9 Å². The molecule has 0 atom stereocenters. The Balaban J connectivity index is 1.56. The summed E-state index contributed by atoms with van der Waals surface area (Å²) in [6, 6.07) is 14.9. The summed E-state index contributed by atoms with van der Waals surface area (Å²) in [5.41, 5.74) is 1.64. The van der Waals surface area contributed by atoms with Crippen molar-refractivity contribution in [1.29, 1.82) is 0 Å². The van der Waals surface area contributed by atoms with E-state index in [-0.39, 0.29) is 23.4 Å². The molecule has 9 heteroatoms. The molecule has 8 nitrogen and oxygen atoms in total. The maximum Gasteiger partial charge on any atom is 0.264 e. The minimum atomic E-state index is -3.82. The molecule has 0 unspecified atom stereocenters. The molecule has 3 rings (SSSR count). The van der Waals surface area contributed by atoms with Gasteiger partial charge in [-0.1, -0.05) is 19.1 Å². The number of amides is 1. The molecular weight excluding hydrogens is 392 g/mol. The molecular formula is C20H20N4O4S. The SMILES string of the molecule is CCc1ccc(OCC(=O)Nc2ccc(S(=O)(=O)Nc3ncccn3)cc2)cc1. The number of ether oxygens (including phenoxy) is 1. The first-order valence-corrected chi connectivity index (χ1v) is 10.4. The Labute approximate surface area is 169 Å². The van der Waals surface area contributed by atoms with Crippen molar-refractivity contribution < 1.29 is 17.9 Å². The van der Waals surface area contributed by atoms with E-state index in [9.17, 15) is 13.2 Å². The standard InChI is InChI=1S/C20H20N4O4S/c1-2-15-4-8-17(9-5-15)28-14-19(25)23-16-6-10-18(11-7-16)29(26,27)24-20-21-12-3-13-22-20/h3-13H,2,14H2,1H3,(H,23,25)(H,21,22,24). The lowest BCUT2D eigenvalue weighted by Gasteiger charge is -2.09. The first-order chi connectivity index (χ1) is 14.0. The summed E-state index contributed by atoms with van der Waals surface area (Å²) in [5, 5.41) is 2.66. The number of aromatic nitrogens is 2. The maximum absolute atomic E-state index is 12.3. The van der Waals surface area contributed by atoms with Crippen molar-refractivity contribution in [2.24, 2.45) is 0 Å². The second-order valence-electron chi connectivity index (χ2n) is 6.04. The van der Waals surface area contributed by atoms with Gasteiger partial charge in [0.15, 0.2) is 6.61 Å². The number of nitrogens with one attached hydrogen (secondary N) is 2. The molecule has 150 valence electrons. The zero-order valence-corrected chi connectivity index (χ0v) is 16.5. The summed E-state index contributed by atoms with van der Waals surface area (Å²) in [7, 11) is -3.82. The van der Waals surface area contributed by atoms with Gasteiger partial charge >= 0.3 is 0 Å². The molecule has 0 saturated carbocycles. The average Bonchev–Trinajstić information content (AvgIpc) is 2.73. The second-order valence-corrected chi connectivity index (χ2v) is 7.72. The highest BCUT2D eigenvalue weighted by Crippen LogP contribution is 2.17. The first-order valence-electron chi connectivity index (χ1n) is 8.88. The van der Waals surface area contributed by atoms with E-state index in [0.29, 0.717) is 11.4 Å². The minimum Gasteiger partial charge on any atom is -0.484 e. The predicted molar refractivity (Wildman–Crippen MR) is 109 cm³/mol. The van der Waals surface area contributed by atoms with Crippen LogP contribution in [-0.2, 0) is 21.2 Å². The van der Waals surface area contributed by atoms with E-state index in [0.717, 1.165) is 6.42 Å². The van der Waals surface area contributed by atoms with Crippen LogP contribution < -0.4 is 14.8 Å². The van der Waals surface area contributed by atoms with Crippen molar-refractivity contribution in [2.75, 3.05) is 16.6 Å². The first kappa shape index (κ1) is 20.3. The number of aryl methyl sites for hydroxylation is 1. The average molecular weight is 412 g/mol. The highest BCUT2D eigenvalue weighted by Gasteiger charge is 2.15. The van der Waals surface area contributed by atoms with Crippen molar-refractivity contribution in [3.63, 3.8) is 0 Å². The molecule has 0 aliphatic rings. The summed E-state index contributed by atoms with van der Waals surface area (Å²) in [6.45, 7) is 1.91. The molecule has 1 aromatic heterocycles. The van der Waals surface area contributed by atoms with Crippen LogP contribution in [0.2, 0.25) is 0 Å². The molecule has 0 fully saturated rings. The lowest BCUT2D eigenvalue weighted by molar-refractivity contribution is -0.118. The van der Waals surface area contributed by atoms with Gasteiger partial charge in [0, 0.05) is 18.1 Å². The van der Waals surface area contributed by atoms with E-state index in [4.69, 9.17) is 4.74 Å². The van der Waals surface area contributed by atoms with Gasteiger partial charge in [0.2, 0.25) is 5.95 Å². The fraction of sp³-hybridized carbons (Fsp3) is 0.150. The van der Waals surface area contributed by atoms with Crippen LogP contribution in [0.5, 0.6) is 5.75 Å². The van der Waals surface area contributed by atoms with Gasteiger partial charge in [-0.05, 0) is 54.4 Å². The Morgan fingerprint density at radius 2 is 1.66 bits per heavy atom. The van der Waals surface area contributed by atoms with Crippen molar-refractivity contribution in [1.82, 2.24) is 9.97 Å². The molecule has 0 aliphatic heterocycles. The second kappa shape index (κ2) is 9.16. The number of sulfonamides is 1.